The molecular formula is C13H25NO2. The minimum Gasteiger partial charge on any atom is -0.391 e. The van der Waals surface area contributed by atoms with Crippen LogP contribution in [0.15, 0.2) is 0 Å². The van der Waals surface area contributed by atoms with Gasteiger partial charge in [0.1, 0.15) is 0 Å². The zero-order chi connectivity index (χ0) is 11.4. The van der Waals surface area contributed by atoms with Gasteiger partial charge in [-0.05, 0) is 37.6 Å². The lowest BCUT2D eigenvalue weighted by Crippen LogP contribution is -2.37. The van der Waals surface area contributed by atoms with Gasteiger partial charge in [-0.1, -0.05) is 25.7 Å². The van der Waals surface area contributed by atoms with Crippen molar-refractivity contribution in [2.75, 3.05) is 13.2 Å². The molecule has 1 unspecified atom stereocenters. The summed E-state index contributed by atoms with van der Waals surface area (Å²) in [7, 11) is 0. The van der Waals surface area contributed by atoms with Crippen LogP contribution in [0.25, 0.3) is 0 Å². The Morgan fingerprint density at radius 3 is 2.50 bits per heavy atom. The third-order valence-electron chi connectivity index (χ3n) is 4.13. The molecule has 1 atom stereocenters. The van der Waals surface area contributed by atoms with Crippen molar-refractivity contribution in [3.8, 4) is 0 Å². The van der Waals surface area contributed by atoms with Gasteiger partial charge in [0.25, 0.3) is 0 Å². The summed E-state index contributed by atoms with van der Waals surface area (Å²) in [6, 6.07) is 0. The van der Waals surface area contributed by atoms with E-state index in [0.29, 0.717) is 18.6 Å². The van der Waals surface area contributed by atoms with Crippen molar-refractivity contribution in [2.24, 2.45) is 17.6 Å². The highest BCUT2D eigenvalue weighted by molar-refractivity contribution is 4.81. The predicted octanol–water partition coefficient (Wildman–Crippen LogP) is 1.68. The first-order chi connectivity index (χ1) is 7.78. The van der Waals surface area contributed by atoms with Crippen LogP contribution in [0.1, 0.15) is 44.9 Å². The average Bonchev–Trinajstić information content (AvgIpc) is 2.68. The second-order valence-corrected chi connectivity index (χ2v) is 5.57. The molecule has 3 heteroatoms. The minimum atomic E-state index is -0.250. The number of rotatable bonds is 6. The molecule has 2 fully saturated rings. The van der Waals surface area contributed by atoms with Crippen molar-refractivity contribution in [1.82, 2.24) is 0 Å². The molecule has 0 radical (unpaired) electrons. The number of aliphatic hydroxyl groups excluding tert-OH is 1. The second-order valence-electron chi connectivity index (χ2n) is 5.57. The molecule has 0 amide bonds. The van der Waals surface area contributed by atoms with Gasteiger partial charge in [0.15, 0.2) is 0 Å². The van der Waals surface area contributed by atoms with E-state index in [2.05, 4.69) is 0 Å². The van der Waals surface area contributed by atoms with E-state index in [0.717, 1.165) is 31.7 Å². The summed E-state index contributed by atoms with van der Waals surface area (Å²) in [5.41, 5.74) is 5.56. The Hall–Kier alpha value is -0.120. The molecule has 0 bridgehead atoms. The van der Waals surface area contributed by atoms with Crippen LogP contribution < -0.4 is 5.73 Å². The highest BCUT2D eigenvalue weighted by Gasteiger charge is 2.29. The van der Waals surface area contributed by atoms with Gasteiger partial charge < -0.3 is 15.6 Å². The lowest BCUT2D eigenvalue weighted by atomic mass is 9.82. The fourth-order valence-corrected chi connectivity index (χ4v) is 2.95. The number of hydrogen-bond donors (Lipinski definition) is 2. The Balaban J connectivity index is 1.52. The molecule has 2 saturated carbocycles. The summed E-state index contributed by atoms with van der Waals surface area (Å²) in [5.74, 6) is 1.41. The molecule has 0 aromatic carbocycles. The highest BCUT2D eigenvalue weighted by Crippen LogP contribution is 2.31. The molecule has 16 heavy (non-hydrogen) atoms. The first-order valence-electron chi connectivity index (χ1n) is 6.77. The van der Waals surface area contributed by atoms with Crippen molar-refractivity contribution < 1.29 is 9.84 Å². The van der Waals surface area contributed by atoms with Gasteiger partial charge >= 0.3 is 0 Å². The van der Waals surface area contributed by atoms with E-state index in [-0.39, 0.29) is 6.10 Å². The molecule has 3 nitrogen and oxygen atoms in total. The van der Waals surface area contributed by atoms with Crippen LogP contribution in [0.5, 0.6) is 0 Å². The lowest BCUT2D eigenvalue weighted by molar-refractivity contribution is -0.0664. The first kappa shape index (κ1) is 12.3. The summed E-state index contributed by atoms with van der Waals surface area (Å²) in [6.45, 7) is 1.31. The van der Waals surface area contributed by atoms with Crippen molar-refractivity contribution in [3.05, 3.63) is 0 Å². The Labute approximate surface area is 98.4 Å². The molecule has 0 saturated heterocycles. The smallest absolute Gasteiger partial charge is 0.0776 e. The van der Waals surface area contributed by atoms with Crippen molar-refractivity contribution in [2.45, 2.75) is 57.2 Å². The Kier molecular flexibility index (Phi) is 4.62. The Morgan fingerprint density at radius 1 is 1.19 bits per heavy atom. The summed E-state index contributed by atoms with van der Waals surface area (Å²) < 4.78 is 5.68. The van der Waals surface area contributed by atoms with Crippen LogP contribution in [0.2, 0.25) is 0 Å². The van der Waals surface area contributed by atoms with E-state index in [1.54, 1.807) is 0 Å². The first-order valence-corrected chi connectivity index (χ1v) is 6.77. The van der Waals surface area contributed by atoms with E-state index < -0.39 is 0 Å². The maximum atomic E-state index is 9.85. The van der Waals surface area contributed by atoms with Crippen LogP contribution in [-0.2, 0) is 4.74 Å². The molecule has 0 aliphatic heterocycles. The topological polar surface area (TPSA) is 55.5 Å². The average molecular weight is 227 g/mol. The maximum absolute atomic E-state index is 9.85. The maximum Gasteiger partial charge on any atom is 0.0776 e. The zero-order valence-corrected chi connectivity index (χ0v) is 10.1. The normalized spacial score (nSPS) is 32.6. The van der Waals surface area contributed by atoms with Gasteiger partial charge in [0.05, 0.1) is 18.8 Å². The van der Waals surface area contributed by atoms with Crippen LogP contribution in [0.3, 0.4) is 0 Å². The monoisotopic (exact) mass is 227 g/mol. The Bertz CT molecular complexity index is 198. The van der Waals surface area contributed by atoms with Gasteiger partial charge in [-0.3, -0.25) is 0 Å². The molecule has 2 aliphatic rings. The molecule has 94 valence electrons. The molecule has 0 aromatic heterocycles. The van der Waals surface area contributed by atoms with E-state index in [4.69, 9.17) is 10.5 Å². The van der Waals surface area contributed by atoms with Crippen molar-refractivity contribution in [3.63, 3.8) is 0 Å². The second kappa shape index (κ2) is 5.99. The molecular weight excluding hydrogens is 202 g/mol. The minimum absolute atomic E-state index is 0.250. The number of ether oxygens (including phenoxy) is 1. The van der Waals surface area contributed by atoms with Crippen LogP contribution in [0, 0.1) is 11.8 Å². The molecule has 0 spiro atoms. The zero-order valence-electron chi connectivity index (χ0n) is 10.1. The van der Waals surface area contributed by atoms with Crippen LogP contribution in [0.4, 0.5) is 0 Å². The summed E-state index contributed by atoms with van der Waals surface area (Å²) in [6.07, 6.45) is 8.53. The van der Waals surface area contributed by atoms with Crippen molar-refractivity contribution in [1.29, 1.82) is 0 Å². The van der Waals surface area contributed by atoms with Gasteiger partial charge in [-0.2, -0.15) is 0 Å². The lowest BCUT2D eigenvalue weighted by Gasteiger charge is -2.34. The SMILES string of the molecule is NCC1CC(OCC(O)CC2CCCC2)C1. The van der Waals surface area contributed by atoms with Gasteiger partial charge in [-0.25, -0.2) is 0 Å². The number of nitrogens with two attached hydrogens (primary N) is 1. The Morgan fingerprint density at radius 2 is 1.88 bits per heavy atom. The largest absolute Gasteiger partial charge is 0.391 e. The summed E-state index contributed by atoms with van der Waals surface area (Å²) in [4.78, 5) is 0. The third kappa shape index (κ3) is 3.44. The fraction of sp³-hybridized carbons (Fsp3) is 1.00. The van der Waals surface area contributed by atoms with E-state index >= 15 is 0 Å². The number of hydrogen-bond acceptors (Lipinski definition) is 3. The standard InChI is InChI=1S/C13H25NO2/c14-8-11-6-13(7-11)16-9-12(15)5-10-3-1-2-4-10/h10-13,15H,1-9,14H2. The van der Waals surface area contributed by atoms with Crippen LogP contribution >= 0.6 is 0 Å². The van der Waals surface area contributed by atoms with E-state index in [9.17, 15) is 5.11 Å². The highest BCUT2D eigenvalue weighted by atomic mass is 16.5. The van der Waals surface area contributed by atoms with Gasteiger partial charge in [-0.15, -0.1) is 0 Å². The van der Waals surface area contributed by atoms with Crippen molar-refractivity contribution >= 4 is 0 Å². The fourth-order valence-electron chi connectivity index (χ4n) is 2.95. The quantitative estimate of drug-likeness (QED) is 0.726. The van der Waals surface area contributed by atoms with Gasteiger partial charge in [0.2, 0.25) is 0 Å². The summed E-state index contributed by atoms with van der Waals surface area (Å²) in [5, 5.41) is 9.85. The van der Waals surface area contributed by atoms with Gasteiger partial charge in [0, 0.05) is 0 Å². The number of aliphatic hydroxyl groups is 1. The summed E-state index contributed by atoms with van der Waals surface area (Å²) >= 11 is 0. The predicted molar refractivity (Wildman–Crippen MR) is 64.1 cm³/mol. The van der Waals surface area contributed by atoms with Crippen LogP contribution in [-0.4, -0.2) is 30.5 Å². The molecule has 2 rings (SSSR count). The van der Waals surface area contributed by atoms with E-state index in [1.165, 1.54) is 25.7 Å². The van der Waals surface area contributed by atoms with E-state index in [1.807, 2.05) is 0 Å². The third-order valence-corrected chi connectivity index (χ3v) is 4.13. The molecule has 0 heterocycles. The molecule has 2 aliphatic carbocycles. The molecule has 3 N–H and O–H groups in total. The molecule has 0 aromatic rings.